The SMILES string of the molecule is COCCOc1ccc(CNC(=O)C2CCN(C(=O)Nc3ccccc3)CC2)cn1. The third-order valence-electron chi connectivity index (χ3n) is 4.98. The van der Waals surface area contributed by atoms with Gasteiger partial charge >= 0.3 is 6.03 Å². The molecule has 0 aliphatic carbocycles. The molecule has 0 radical (unpaired) electrons. The number of amides is 3. The topological polar surface area (TPSA) is 92.8 Å². The van der Waals surface area contributed by atoms with Crippen LogP contribution in [0, 0.1) is 5.92 Å². The Morgan fingerprint density at radius 2 is 1.87 bits per heavy atom. The van der Waals surface area contributed by atoms with Gasteiger partial charge in [-0.2, -0.15) is 0 Å². The second-order valence-corrected chi connectivity index (χ2v) is 7.12. The van der Waals surface area contributed by atoms with E-state index in [1.807, 2.05) is 36.4 Å². The molecule has 0 atom stereocenters. The van der Waals surface area contributed by atoms with Gasteiger partial charge in [-0.3, -0.25) is 4.79 Å². The van der Waals surface area contributed by atoms with Gasteiger partial charge in [0.25, 0.3) is 0 Å². The zero-order valence-electron chi connectivity index (χ0n) is 17.2. The largest absolute Gasteiger partial charge is 0.475 e. The van der Waals surface area contributed by atoms with Crippen LogP contribution in [0.25, 0.3) is 0 Å². The van der Waals surface area contributed by atoms with Crippen molar-refractivity contribution in [3.05, 3.63) is 54.2 Å². The number of nitrogens with zero attached hydrogens (tertiary/aromatic N) is 2. The van der Waals surface area contributed by atoms with Crippen LogP contribution in [-0.2, 0) is 16.1 Å². The summed E-state index contributed by atoms with van der Waals surface area (Å²) in [7, 11) is 1.62. The van der Waals surface area contributed by atoms with Crippen molar-refractivity contribution in [1.29, 1.82) is 0 Å². The van der Waals surface area contributed by atoms with E-state index in [9.17, 15) is 9.59 Å². The summed E-state index contributed by atoms with van der Waals surface area (Å²) < 4.78 is 10.4. The number of benzene rings is 1. The number of anilines is 1. The first-order valence-electron chi connectivity index (χ1n) is 10.1. The molecule has 1 aliphatic rings. The normalized spacial score (nSPS) is 14.2. The van der Waals surface area contributed by atoms with Crippen molar-refractivity contribution < 1.29 is 19.1 Å². The molecular formula is C22H28N4O4. The number of carbonyl (C=O) groups excluding carboxylic acids is 2. The van der Waals surface area contributed by atoms with Crippen LogP contribution in [0.4, 0.5) is 10.5 Å². The van der Waals surface area contributed by atoms with Crippen molar-refractivity contribution >= 4 is 17.6 Å². The van der Waals surface area contributed by atoms with E-state index in [1.54, 1.807) is 24.3 Å². The van der Waals surface area contributed by atoms with Gasteiger partial charge in [-0.1, -0.05) is 24.3 Å². The van der Waals surface area contributed by atoms with Crippen LogP contribution in [0.5, 0.6) is 5.88 Å². The van der Waals surface area contributed by atoms with E-state index >= 15 is 0 Å². The molecule has 2 aromatic rings. The maximum Gasteiger partial charge on any atom is 0.321 e. The molecule has 3 rings (SSSR count). The Hall–Kier alpha value is -3.13. The van der Waals surface area contributed by atoms with E-state index in [0.29, 0.717) is 51.6 Å². The number of likely N-dealkylation sites (tertiary alicyclic amines) is 1. The summed E-state index contributed by atoms with van der Waals surface area (Å²) in [5, 5.41) is 5.85. The number of para-hydroxylation sites is 1. The quantitative estimate of drug-likeness (QED) is 0.651. The van der Waals surface area contributed by atoms with Gasteiger partial charge in [-0.15, -0.1) is 0 Å². The molecule has 2 N–H and O–H groups in total. The monoisotopic (exact) mass is 412 g/mol. The van der Waals surface area contributed by atoms with Crippen molar-refractivity contribution in [2.24, 2.45) is 5.92 Å². The smallest absolute Gasteiger partial charge is 0.321 e. The Labute approximate surface area is 176 Å². The molecule has 0 unspecified atom stereocenters. The predicted molar refractivity (Wildman–Crippen MR) is 113 cm³/mol. The lowest BCUT2D eigenvalue weighted by Gasteiger charge is -2.31. The summed E-state index contributed by atoms with van der Waals surface area (Å²) in [6.07, 6.45) is 3.00. The third kappa shape index (κ3) is 6.45. The molecule has 1 fully saturated rings. The van der Waals surface area contributed by atoms with Crippen LogP contribution in [0.1, 0.15) is 18.4 Å². The highest BCUT2D eigenvalue weighted by Crippen LogP contribution is 2.19. The first-order valence-corrected chi connectivity index (χ1v) is 10.1. The second-order valence-electron chi connectivity index (χ2n) is 7.12. The highest BCUT2D eigenvalue weighted by molar-refractivity contribution is 5.89. The minimum absolute atomic E-state index is 0.0125. The average molecular weight is 412 g/mol. The van der Waals surface area contributed by atoms with E-state index in [2.05, 4.69) is 15.6 Å². The van der Waals surface area contributed by atoms with Crippen LogP contribution in [-0.4, -0.2) is 55.2 Å². The van der Waals surface area contributed by atoms with Crippen LogP contribution < -0.4 is 15.4 Å². The molecule has 0 bridgehead atoms. The Morgan fingerprint density at radius 1 is 1.10 bits per heavy atom. The molecule has 2 heterocycles. The number of aromatic nitrogens is 1. The average Bonchev–Trinajstić information content (AvgIpc) is 2.79. The molecule has 0 saturated carbocycles. The van der Waals surface area contributed by atoms with E-state index < -0.39 is 0 Å². The predicted octanol–water partition coefficient (Wildman–Crippen LogP) is 2.67. The molecule has 8 heteroatoms. The van der Waals surface area contributed by atoms with Crippen molar-refractivity contribution in [3.63, 3.8) is 0 Å². The van der Waals surface area contributed by atoms with Crippen LogP contribution >= 0.6 is 0 Å². The number of piperidine rings is 1. The van der Waals surface area contributed by atoms with Crippen LogP contribution in [0.15, 0.2) is 48.7 Å². The Kier molecular flexibility index (Phi) is 8.02. The number of ether oxygens (including phenoxy) is 2. The van der Waals surface area contributed by atoms with Crippen LogP contribution in [0.3, 0.4) is 0 Å². The number of nitrogens with one attached hydrogen (secondary N) is 2. The zero-order chi connectivity index (χ0) is 21.2. The van der Waals surface area contributed by atoms with Crippen molar-refractivity contribution in [2.75, 3.05) is 38.7 Å². The van der Waals surface area contributed by atoms with Gasteiger partial charge in [0.1, 0.15) is 6.61 Å². The Morgan fingerprint density at radius 3 is 2.53 bits per heavy atom. The summed E-state index contributed by atoms with van der Waals surface area (Å²) in [5.41, 5.74) is 1.67. The number of rotatable bonds is 8. The fourth-order valence-electron chi connectivity index (χ4n) is 3.23. The van der Waals surface area contributed by atoms with E-state index in [0.717, 1.165) is 11.3 Å². The molecule has 8 nitrogen and oxygen atoms in total. The number of hydrogen-bond donors (Lipinski definition) is 2. The molecule has 160 valence electrons. The van der Waals surface area contributed by atoms with Gasteiger partial charge < -0.3 is 25.0 Å². The summed E-state index contributed by atoms with van der Waals surface area (Å²) in [4.78, 5) is 30.8. The van der Waals surface area contributed by atoms with Gasteiger partial charge in [0.05, 0.1) is 6.61 Å². The summed E-state index contributed by atoms with van der Waals surface area (Å²) in [5.74, 6) is 0.456. The van der Waals surface area contributed by atoms with Gasteiger partial charge in [-0.05, 0) is 30.5 Å². The second kappa shape index (κ2) is 11.2. The minimum Gasteiger partial charge on any atom is -0.475 e. The number of carbonyl (C=O) groups is 2. The molecular weight excluding hydrogens is 384 g/mol. The van der Waals surface area contributed by atoms with Gasteiger partial charge in [0.15, 0.2) is 0 Å². The first kappa shape index (κ1) is 21.6. The lowest BCUT2D eigenvalue weighted by Crippen LogP contribution is -2.44. The standard InChI is InChI=1S/C22H28N4O4/c1-29-13-14-30-20-8-7-17(15-23-20)16-24-21(27)18-9-11-26(12-10-18)22(28)25-19-5-3-2-4-6-19/h2-8,15,18H,9-14,16H2,1H3,(H,24,27)(H,25,28). The van der Waals surface area contributed by atoms with Gasteiger partial charge in [0.2, 0.25) is 11.8 Å². The zero-order valence-corrected chi connectivity index (χ0v) is 17.2. The lowest BCUT2D eigenvalue weighted by molar-refractivity contribution is -0.126. The lowest BCUT2D eigenvalue weighted by atomic mass is 9.96. The maximum atomic E-state index is 12.5. The highest BCUT2D eigenvalue weighted by Gasteiger charge is 2.27. The van der Waals surface area contributed by atoms with Crippen molar-refractivity contribution in [3.8, 4) is 5.88 Å². The van der Waals surface area contributed by atoms with E-state index in [-0.39, 0.29) is 17.9 Å². The van der Waals surface area contributed by atoms with Gasteiger partial charge in [0, 0.05) is 50.6 Å². The summed E-state index contributed by atoms with van der Waals surface area (Å²) in [6.45, 7) is 2.49. The highest BCUT2D eigenvalue weighted by atomic mass is 16.5. The maximum absolute atomic E-state index is 12.5. The molecule has 30 heavy (non-hydrogen) atoms. The molecule has 1 saturated heterocycles. The molecule has 3 amide bonds. The Balaban J connectivity index is 1.38. The number of hydrogen-bond acceptors (Lipinski definition) is 5. The summed E-state index contributed by atoms with van der Waals surface area (Å²) in [6, 6.07) is 12.9. The third-order valence-corrected chi connectivity index (χ3v) is 4.98. The first-order chi connectivity index (χ1) is 14.7. The molecule has 0 spiro atoms. The fraction of sp³-hybridized carbons (Fsp3) is 0.409. The number of methoxy groups -OCH3 is 1. The van der Waals surface area contributed by atoms with E-state index in [4.69, 9.17) is 9.47 Å². The van der Waals surface area contributed by atoms with Gasteiger partial charge in [-0.25, -0.2) is 9.78 Å². The van der Waals surface area contributed by atoms with Crippen molar-refractivity contribution in [1.82, 2.24) is 15.2 Å². The molecule has 1 aromatic heterocycles. The number of pyridine rings is 1. The molecule has 1 aliphatic heterocycles. The fourth-order valence-corrected chi connectivity index (χ4v) is 3.23. The van der Waals surface area contributed by atoms with Crippen LogP contribution in [0.2, 0.25) is 0 Å². The van der Waals surface area contributed by atoms with Crippen molar-refractivity contribution in [2.45, 2.75) is 19.4 Å². The Bertz CT molecular complexity index is 806. The summed E-state index contributed by atoms with van der Waals surface area (Å²) >= 11 is 0. The minimum atomic E-state index is -0.126. The number of urea groups is 1. The van der Waals surface area contributed by atoms with E-state index in [1.165, 1.54) is 0 Å². The molecule has 1 aromatic carbocycles.